The second kappa shape index (κ2) is 4.94. The van der Waals surface area contributed by atoms with Crippen LogP contribution in [0.15, 0.2) is 18.2 Å². The maximum Gasteiger partial charge on any atom is 0.337 e. The topological polar surface area (TPSA) is 60.8 Å². The van der Waals surface area contributed by atoms with E-state index in [-0.39, 0.29) is 16.7 Å². The van der Waals surface area contributed by atoms with Crippen LogP contribution < -0.4 is 4.90 Å². The number of hydrogen-bond acceptors (Lipinski definition) is 3. The van der Waals surface area contributed by atoms with Crippen molar-refractivity contribution >= 4 is 23.3 Å². The van der Waals surface area contributed by atoms with Gasteiger partial charge in [0, 0.05) is 13.1 Å². The number of aromatic carboxylic acids is 1. The van der Waals surface area contributed by atoms with Crippen LogP contribution in [0, 0.1) is 0 Å². The molecule has 0 spiro atoms. The lowest BCUT2D eigenvalue weighted by atomic mass is 10.1. The van der Waals surface area contributed by atoms with Gasteiger partial charge >= 0.3 is 5.97 Å². The summed E-state index contributed by atoms with van der Waals surface area (Å²) in [6, 6.07) is 5.00. The summed E-state index contributed by atoms with van der Waals surface area (Å²) in [7, 11) is 0. The molecule has 2 N–H and O–H groups in total. The van der Waals surface area contributed by atoms with E-state index < -0.39 is 5.97 Å². The number of piperidine rings is 1. The van der Waals surface area contributed by atoms with Crippen LogP contribution in [0.2, 0.25) is 5.02 Å². The van der Waals surface area contributed by atoms with Crippen LogP contribution in [0.5, 0.6) is 0 Å². The van der Waals surface area contributed by atoms with E-state index in [1.54, 1.807) is 6.07 Å². The largest absolute Gasteiger partial charge is 0.478 e. The van der Waals surface area contributed by atoms with E-state index in [4.69, 9.17) is 16.7 Å². The Kier molecular flexibility index (Phi) is 3.54. The molecule has 0 aromatic heterocycles. The monoisotopic (exact) mass is 255 g/mol. The molecule has 1 heterocycles. The molecule has 0 aliphatic carbocycles. The van der Waals surface area contributed by atoms with Crippen molar-refractivity contribution in [2.45, 2.75) is 18.9 Å². The SMILES string of the molecule is O=C(O)c1cccc(N2CCC(O)CC2)c1Cl. The second-order valence-corrected chi connectivity index (χ2v) is 4.54. The number of nitrogens with zero attached hydrogens (tertiary/aromatic N) is 1. The highest BCUT2D eigenvalue weighted by Crippen LogP contribution is 2.31. The normalized spacial score (nSPS) is 17.2. The van der Waals surface area contributed by atoms with Gasteiger partial charge < -0.3 is 15.1 Å². The molecule has 0 unspecified atom stereocenters. The molecular weight excluding hydrogens is 242 g/mol. The van der Waals surface area contributed by atoms with Crippen LogP contribution in [0.3, 0.4) is 0 Å². The first kappa shape index (κ1) is 12.2. The van der Waals surface area contributed by atoms with Gasteiger partial charge in [-0.3, -0.25) is 0 Å². The molecule has 1 fully saturated rings. The molecular formula is C12H14ClNO3. The summed E-state index contributed by atoms with van der Waals surface area (Å²) >= 11 is 6.09. The molecule has 5 heteroatoms. The third-order valence-corrected chi connectivity index (χ3v) is 3.41. The quantitative estimate of drug-likeness (QED) is 0.849. The zero-order valence-corrected chi connectivity index (χ0v) is 10.0. The Morgan fingerprint density at radius 3 is 2.59 bits per heavy atom. The lowest BCUT2D eigenvalue weighted by Gasteiger charge is -2.32. The number of carboxylic acid groups (broad SMARTS) is 1. The van der Waals surface area contributed by atoms with Crippen LogP contribution in [0.25, 0.3) is 0 Å². The fraction of sp³-hybridized carbons (Fsp3) is 0.417. The van der Waals surface area contributed by atoms with Crippen molar-refractivity contribution in [1.29, 1.82) is 0 Å². The molecule has 92 valence electrons. The Hall–Kier alpha value is -1.26. The highest BCUT2D eigenvalue weighted by molar-refractivity contribution is 6.36. The van der Waals surface area contributed by atoms with Crippen molar-refractivity contribution in [3.05, 3.63) is 28.8 Å². The number of carbonyl (C=O) groups is 1. The minimum absolute atomic E-state index is 0.121. The molecule has 1 aromatic carbocycles. The van der Waals surface area contributed by atoms with Gasteiger partial charge in [-0.2, -0.15) is 0 Å². The highest BCUT2D eigenvalue weighted by atomic mass is 35.5. The number of rotatable bonds is 2. The van der Waals surface area contributed by atoms with E-state index in [0.717, 1.165) is 5.69 Å². The summed E-state index contributed by atoms with van der Waals surface area (Å²) in [5, 5.41) is 18.7. The zero-order valence-electron chi connectivity index (χ0n) is 9.27. The third kappa shape index (κ3) is 2.53. The average molecular weight is 256 g/mol. The van der Waals surface area contributed by atoms with E-state index in [9.17, 15) is 9.90 Å². The summed E-state index contributed by atoms with van der Waals surface area (Å²) in [6.07, 6.45) is 1.12. The van der Waals surface area contributed by atoms with Gasteiger partial charge in [0.15, 0.2) is 0 Å². The van der Waals surface area contributed by atoms with Crippen molar-refractivity contribution in [3.8, 4) is 0 Å². The zero-order chi connectivity index (χ0) is 12.4. The minimum Gasteiger partial charge on any atom is -0.478 e. The fourth-order valence-corrected chi connectivity index (χ4v) is 2.36. The predicted molar refractivity (Wildman–Crippen MR) is 65.9 cm³/mol. The van der Waals surface area contributed by atoms with Crippen LogP contribution in [0.1, 0.15) is 23.2 Å². The van der Waals surface area contributed by atoms with Crippen LogP contribution in [-0.4, -0.2) is 35.4 Å². The average Bonchev–Trinajstić information content (AvgIpc) is 2.30. The van der Waals surface area contributed by atoms with Crippen molar-refractivity contribution in [2.24, 2.45) is 0 Å². The standard InChI is InChI=1S/C12H14ClNO3/c13-11-9(12(16)17)2-1-3-10(11)14-6-4-8(15)5-7-14/h1-3,8,15H,4-7H2,(H,16,17). The number of anilines is 1. The first-order valence-corrected chi connectivity index (χ1v) is 5.92. The van der Waals surface area contributed by atoms with Gasteiger partial charge in [-0.05, 0) is 25.0 Å². The van der Waals surface area contributed by atoms with Gasteiger partial charge in [-0.25, -0.2) is 4.79 Å². The Balaban J connectivity index is 2.27. The van der Waals surface area contributed by atoms with E-state index in [2.05, 4.69) is 0 Å². The van der Waals surface area contributed by atoms with Gasteiger partial charge in [-0.15, -0.1) is 0 Å². The smallest absolute Gasteiger partial charge is 0.337 e. The first-order chi connectivity index (χ1) is 8.09. The van der Waals surface area contributed by atoms with E-state index in [1.165, 1.54) is 6.07 Å². The molecule has 0 radical (unpaired) electrons. The van der Waals surface area contributed by atoms with Gasteiger partial charge in [0.2, 0.25) is 0 Å². The lowest BCUT2D eigenvalue weighted by Crippen LogP contribution is -2.36. The van der Waals surface area contributed by atoms with E-state index in [1.807, 2.05) is 11.0 Å². The Bertz CT molecular complexity index is 428. The Morgan fingerprint density at radius 1 is 1.35 bits per heavy atom. The number of halogens is 1. The lowest BCUT2D eigenvalue weighted by molar-refractivity contribution is 0.0697. The van der Waals surface area contributed by atoms with Gasteiger partial charge in [0.1, 0.15) is 0 Å². The molecule has 4 nitrogen and oxygen atoms in total. The number of aliphatic hydroxyl groups excluding tert-OH is 1. The van der Waals surface area contributed by atoms with Crippen LogP contribution in [0.4, 0.5) is 5.69 Å². The van der Waals surface area contributed by atoms with Gasteiger partial charge in [0.05, 0.1) is 22.4 Å². The Morgan fingerprint density at radius 2 is 2.00 bits per heavy atom. The molecule has 0 atom stereocenters. The molecule has 0 saturated carbocycles. The molecule has 0 bridgehead atoms. The number of benzene rings is 1. The highest BCUT2D eigenvalue weighted by Gasteiger charge is 2.21. The number of aliphatic hydroxyl groups is 1. The van der Waals surface area contributed by atoms with Gasteiger partial charge in [0.25, 0.3) is 0 Å². The molecule has 17 heavy (non-hydrogen) atoms. The molecule has 0 amide bonds. The van der Waals surface area contributed by atoms with E-state index >= 15 is 0 Å². The van der Waals surface area contributed by atoms with Crippen LogP contribution >= 0.6 is 11.6 Å². The molecule has 1 aliphatic rings. The maximum absolute atomic E-state index is 11.0. The molecule has 1 aliphatic heterocycles. The van der Waals surface area contributed by atoms with Crippen molar-refractivity contribution in [2.75, 3.05) is 18.0 Å². The summed E-state index contributed by atoms with van der Waals surface area (Å²) < 4.78 is 0. The summed E-state index contributed by atoms with van der Waals surface area (Å²) in [6.45, 7) is 1.40. The van der Waals surface area contributed by atoms with E-state index in [0.29, 0.717) is 25.9 Å². The second-order valence-electron chi connectivity index (χ2n) is 4.16. The fourth-order valence-electron chi connectivity index (χ4n) is 2.04. The summed E-state index contributed by atoms with van der Waals surface area (Å²) in [4.78, 5) is 13.0. The number of carboxylic acids is 1. The molecule has 1 aromatic rings. The van der Waals surface area contributed by atoms with Crippen molar-refractivity contribution in [1.82, 2.24) is 0 Å². The first-order valence-electron chi connectivity index (χ1n) is 5.54. The predicted octanol–water partition coefficient (Wildman–Crippen LogP) is 2.00. The summed E-state index contributed by atoms with van der Waals surface area (Å²) in [5.74, 6) is -1.02. The van der Waals surface area contributed by atoms with Crippen molar-refractivity contribution < 1.29 is 15.0 Å². The summed E-state index contributed by atoms with van der Waals surface area (Å²) in [5.41, 5.74) is 0.855. The maximum atomic E-state index is 11.0. The minimum atomic E-state index is -1.02. The Labute approximate surface area is 104 Å². The molecule has 1 saturated heterocycles. The number of hydrogen-bond donors (Lipinski definition) is 2. The van der Waals surface area contributed by atoms with Crippen molar-refractivity contribution in [3.63, 3.8) is 0 Å². The van der Waals surface area contributed by atoms with Crippen LogP contribution in [-0.2, 0) is 0 Å². The van der Waals surface area contributed by atoms with Gasteiger partial charge in [-0.1, -0.05) is 17.7 Å². The third-order valence-electron chi connectivity index (χ3n) is 3.01. The molecule has 2 rings (SSSR count).